The quantitative estimate of drug-likeness (QED) is 0.613. The van der Waals surface area contributed by atoms with Crippen molar-refractivity contribution in [1.82, 2.24) is 19.6 Å². The number of rotatable bonds is 4. The Morgan fingerprint density at radius 1 is 1.04 bits per heavy atom. The molecule has 0 saturated heterocycles. The summed E-state index contributed by atoms with van der Waals surface area (Å²) in [7, 11) is 0. The predicted octanol–water partition coefficient (Wildman–Crippen LogP) is 4.07. The van der Waals surface area contributed by atoms with Crippen LogP contribution in [0.4, 0.5) is 5.95 Å². The van der Waals surface area contributed by atoms with Crippen LogP contribution < -0.4 is 5.32 Å². The van der Waals surface area contributed by atoms with Gasteiger partial charge in [0.1, 0.15) is 0 Å². The number of hydrogen-bond acceptors (Lipinski definition) is 4. The molecule has 2 heterocycles. The van der Waals surface area contributed by atoms with Gasteiger partial charge in [0.2, 0.25) is 5.95 Å². The fourth-order valence-electron chi connectivity index (χ4n) is 3.15. The molecule has 124 valence electrons. The highest BCUT2D eigenvalue weighted by Gasteiger charge is 2.22. The standard InChI is InChI=1S/C20H19N5/c1-13-6-10-15(11-7-13)18-23-24-19-16-4-2-3-5-17(16)22-20(25(18)19)21-12-14-8-9-14/h2-7,10-11,14H,8-9,12H2,1H3,(H,21,22). The summed E-state index contributed by atoms with van der Waals surface area (Å²) in [5.41, 5.74) is 4.06. The predicted molar refractivity (Wildman–Crippen MR) is 99.7 cm³/mol. The minimum Gasteiger partial charge on any atom is -0.355 e. The molecule has 1 fully saturated rings. The number of fused-ring (bicyclic) bond motifs is 3. The van der Waals surface area contributed by atoms with E-state index in [9.17, 15) is 0 Å². The zero-order valence-electron chi connectivity index (χ0n) is 14.1. The SMILES string of the molecule is Cc1ccc(-c2nnc3c4ccccc4nc(NCC4CC4)n23)cc1. The summed E-state index contributed by atoms with van der Waals surface area (Å²) >= 11 is 0. The highest BCUT2D eigenvalue weighted by molar-refractivity contribution is 5.93. The molecule has 5 rings (SSSR count). The monoisotopic (exact) mass is 329 g/mol. The van der Waals surface area contributed by atoms with Crippen LogP contribution in [0.5, 0.6) is 0 Å². The molecule has 0 atom stereocenters. The van der Waals surface area contributed by atoms with Crippen molar-refractivity contribution in [3.05, 3.63) is 54.1 Å². The van der Waals surface area contributed by atoms with Crippen molar-refractivity contribution in [2.75, 3.05) is 11.9 Å². The molecule has 5 nitrogen and oxygen atoms in total. The van der Waals surface area contributed by atoms with Crippen LogP contribution in [0.15, 0.2) is 48.5 Å². The average Bonchev–Trinajstić information content (AvgIpc) is 3.37. The molecule has 0 radical (unpaired) electrons. The van der Waals surface area contributed by atoms with Crippen molar-refractivity contribution < 1.29 is 0 Å². The molecule has 0 bridgehead atoms. The second-order valence-corrected chi connectivity index (χ2v) is 6.83. The average molecular weight is 329 g/mol. The fraction of sp³-hybridized carbons (Fsp3) is 0.250. The third-order valence-electron chi connectivity index (χ3n) is 4.80. The van der Waals surface area contributed by atoms with Crippen LogP contribution >= 0.6 is 0 Å². The number of para-hydroxylation sites is 1. The summed E-state index contributed by atoms with van der Waals surface area (Å²) in [5.74, 6) is 2.41. The number of anilines is 1. The van der Waals surface area contributed by atoms with E-state index in [1.54, 1.807) is 0 Å². The van der Waals surface area contributed by atoms with Crippen molar-refractivity contribution in [1.29, 1.82) is 0 Å². The van der Waals surface area contributed by atoms with E-state index in [1.807, 2.05) is 18.2 Å². The van der Waals surface area contributed by atoms with E-state index in [1.165, 1.54) is 18.4 Å². The number of aromatic nitrogens is 4. The first-order valence-corrected chi connectivity index (χ1v) is 8.74. The second kappa shape index (κ2) is 5.55. The summed E-state index contributed by atoms with van der Waals surface area (Å²) in [6.07, 6.45) is 2.60. The zero-order chi connectivity index (χ0) is 16.8. The zero-order valence-corrected chi connectivity index (χ0v) is 14.1. The van der Waals surface area contributed by atoms with Gasteiger partial charge in [0.15, 0.2) is 11.5 Å². The van der Waals surface area contributed by atoms with E-state index in [2.05, 4.69) is 57.2 Å². The van der Waals surface area contributed by atoms with Crippen molar-refractivity contribution in [3.8, 4) is 11.4 Å². The van der Waals surface area contributed by atoms with Gasteiger partial charge in [-0.2, -0.15) is 0 Å². The van der Waals surface area contributed by atoms with E-state index >= 15 is 0 Å². The molecule has 0 aliphatic heterocycles. The molecule has 1 aliphatic rings. The third kappa shape index (κ3) is 2.52. The molecule has 0 unspecified atom stereocenters. The first-order valence-electron chi connectivity index (χ1n) is 8.74. The highest BCUT2D eigenvalue weighted by atomic mass is 15.3. The maximum atomic E-state index is 4.85. The van der Waals surface area contributed by atoms with Gasteiger partial charge >= 0.3 is 0 Å². The van der Waals surface area contributed by atoms with Gasteiger partial charge in [-0.15, -0.1) is 10.2 Å². The largest absolute Gasteiger partial charge is 0.355 e. The molecular weight excluding hydrogens is 310 g/mol. The summed E-state index contributed by atoms with van der Waals surface area (Å²) in [4.78, 5) is 4.85. The molecule has 5 heteroatoms. The Bertz CT molecular complexity index is 1060. The number of nitrogens with zero attached hydrogens (tertiary/aromatic N) is 4. The van der Waals surface area contributed by atoms with Gasteiger partial charge in [0.25, 0.3) is 0 Å². The molecule has 2 aromatic heterocycles. The number of nitrogens with one attached hydrogen (secondary N) is 1. The molecule has 25 heavy (non-hydrogen) atoms. The Labute approximate surface area is 145 Å². The minimum atomic E-state index is 0.766. The van der Waals surface area contributed by atoms with Gasteiger partial charge < -0.3 is 5.32 Å². The lowest BCUT2D eigenvalue weighted by Crippen LogP contribution is -2.10. The van der Waals surface area contributed by atoms with Crippen molar-refractivity contribution in [3.63, 3.8) is 0 Å². The van der Waals surface area contributed by atoms with Crippen molar-refractivity contribution >= 4 is 22.5 Å². The summed E-state index contributed by atoms with van der Waals surface area (Å²) in [6.45, 7) is 3.04. The van der Waals surface area contributed by atoms with Gasteiger partial charge in [0.05, 0.1) is 5.52 Å². The topological polar surface area (TPSA) is 55.1 Å². The van der Waals surface area contributed by atoms with Gasteiger partial charge in [-0.25, -0.2) is 9.38 Å². The first kappa shape index (κ1) is 14.4. The molecule has 1 saturated carbocycles. The Morgan fingerprint density at radius 3 is 2.64 bits per heavy atom. The van der Waals surface area contributed by atoms with Gasteiger partial charge in [-0.1, -0.05) is 42.0 Å². The lowest BCUT2D eigenvalue weighted by molar-refractivity contribution is 0.870. The van der Waals surface area contributed by atoms with Gasteiger partial charge in [-0.3, -0.25) is 0 Å². The van der Waals surface area contributed by atoms with E-state index in [4.69, 9.17) is 4.98 Å². The Hall–Kier alpha value is -2.95. The molecule has 4 aromatic rings. The molecule has 0 amide bonds. The molecule has 2 aromatic carbocycles. The summed E-state index contributed by atoms with van der Waals surface area (Å²) in [5, 5.41) is 13.5. The van der Waals surface area contributed by atoms with Crippen LogP contribution in [0.1, 0.15) is 18.4 Å². The maximum Gasteiger partial charge on any atom is 0.211 e. The van der Waals surface area contributed by atoms with Crippen molar-refractivity contribution in [2.24, 2.45) is 5.92 Å². The molecular formula is C20H19N5. The second-order valence-electron chi connectivity index (χ2n) is 6.83. The maximum absolute atomic E-state index is 4.85. The van der Waals surface area contributed by atoms with Crippen LogP contribution in [0, 0.1) is 12.8 Å². The number of benzene rings is 2. The lowest BCUT2D eigenvalue weighted by atomic mass is 10.1. The first-order chi connectivity index (χ1) is 12.3. The van der Waals surface area contributed by atoms with Crippen LogP contribution in [-0.2, 0) is 0 Å². The summed E-state index contributed by atoms with van der Waals surface area (Å²) in [6, 6.07) is 16.5. The number of aryl methyl sites for hydroxylation is 1. The van der Waals surface area contributed by atoms with Crippen LogP contribution in [-0.4, -0.2) is 26.1 Å². The van der Waals surface area contributed by atoms with Gasteiger partial charge in [0, 0.05) is 17.5 Å². The van der Waals surface area contributed by atoms with Crippen LogP contribution in [0.25, 0.3) is 27.9 Å². The van der Waals surface area contributed by atoms with Crippen molar-refractivity contribution in [2.45, 2.75) is 19.8 Å². The number of hydrogen-bond donors (Lipinski definition) is 1. The molecule has 1 aliphatic carbocycles. The van der Waals surface area contributed by atoms with E-state index in [0.29, 0.717) is 0 Å². The highest BCUT2D eigenvalue weighted by Crippen LogP contribution is 2.30. The summed E-state index contributed by atoms with van der Waals surface area (Å²) < 4.78 is 2.05. The van der Waals surface area contributed by atoms with E-state index < -0.39 is 0 Å². The Kier molecular flexibility index (Phi) is 3.20. The normalized spacial score (nSPS) is 14.3. The Balaban J connectivity index is 1.74. The van der Waals surface area contributed by atoms with E-state index in [0.717, 1.165) is 46.3 Å². The third-order valence-corrected chi connectivity index (χ3v) is 4.80. The van der Waals surface area contributed by atoms with Crippen LogP contribution in [0.2, 0.25) is 0 Å². The molecule has 0 spiro atoms. The molecule has 1 N–H and O–H groups in total. The van der Waals surface area contributed by atoms with Gasteiger partial charge in [-0.05, 0) is 37.8 Å². The smallest absolute Gasteiger partial charge is 0.211 e. The fourth-order valence-corrected chi connectivity index (χ4v) is 3.15. The van der Waals surface area contributed by atoms with E-state index in [-0.39, 0.29) is 0 Å². The Morgan fingerprint density at radius 2 is 1.84 bits per heavy atom. The van der Waals surface area contributed by atoms with Crippen LogP contribution in [0.3, 0.4) is 0 Å². The lowest BCUT2D eigenvalue weighted by Gasteiger charge is -2.11. The minimum absolute atomic E-state index is 0.766.